The molecule has 0 atom stereocenters. The molecule has 0 spiro atoms. The van der Waals surface area contributed by atoms with Crippen LogP contribution in [0.5, 0.6) is 5.75 Å². The fraction of sp³-hybridized carbons (Fsp3) is 0.533. The van der Waals surface area contributed by atoms with Gasteiger partial charge in [0.15, 0.2) is 6.29 Å². The van der Waals surface area contributed by atoms with Crippen LogP contribution < -0.4 is 10.1 Å². The average molecular weight is 279 g/mol. The lowest BCUT2D eigenvalue weighted by Gasteiger charge is -2.20. The number of aryl methyl sites for hydroxylation is 1. The van der Waals surface area contributed by atoms with Crippen LogP contribution in [0.25, 0.3) is 0 Å². The molecule has 0 saturated heterocycles. The smallest absolute Gasteiger partial charge is 0.224 e. The van der Waals surface area contributed by atoms with E-state index in [2.05, 4.69) is 5.32 Å². The molecule has 0 unspecified atom stereocenters. The van der Waals surface area contributed by atoms with Crippen molar-refractivity contribution in [2.45, 2.75) is 33.0 Å². The molecule has 5 heteroatoms. The van der Waals surface area contributed by atoms with Crippen LogP contribution in [0.2, 0.25) is 0 Å². The number of benzene rings is 1. The molecular weight excluding hydrogens is 258 g/mol. The minimum Gasteiger partial charge on any atom is -0.488 e. The number of carbonyl (C=O) groups is 1. The second-order valence-corrected chi connectivity index (χ2v) is 4.52. The molecule has 0 aromatic heterocycles. The summed E-state index contributed by atoms with van der Waals surface area (Å²) >= 11 is 0. The third-order valence-electron chi connectivity index (χ3n) is 3.06. The highest BCUT2D eigenvalue weighted by atomic mass is 16.7. The van der Waals surface area contributed by atoms with E-state index in [9.17, 15) is 4.79 Å². The zero-order valence-corrected chi connectivity index (χ0v) is 12.0. The Hall–Kier alpha value is -1.59. The van der Waals surface area contributed by atoms with Crippen molar-refractivity contribution in [3.05, 3.63) is 23.8 Å². The maximum absolute atomic E-state index is 11.3. The highest BCUT2D eigenvalue weighted by Gasteiger charge is 2.15. The molecule has 0 bridgehead atoms. The summed E-state index contributed by atoms with van der Waals surface area (Å²) in [6, 6.07) is 5.68. The largest absolute Gasteiger partial charge is 0.488 e. The van der Waals surface area contributed by atoms with Crippen LogP contribution in [0.1, 0.15) is 25.8 Å². The normalized spacial score (nSPS) is 14.1. The second-order valence-electron chi connectivity index (χ2n) is 4.52. The van der Waals surface area contributed by atoms with Gasteiger partial charge < -0.3 is 19.5 Å². The Morgan fingerprint density at radius 2 is 1.95 bits per heavy atom. The van der Waals surface area contributed by atoms with E-state index in [4.69, 9.17) is 14.2 Å². The van der Waals surface area contributed by atoms with Crippen molar-refractivity contribution in [3.63, 3.8) is 0 Å². The van der Waals surface area contributed by atoms with Crippen molar-refractivity contribution in [1.29, 1.82) is 0 Å². The van der Waals surface area contributed by atoms with Gasteiger partial charge in [0, 0.05) is 25.3 Å². The standard InChI is InChI=1S/C15H21NO4/c1-3-18-15(19-4-2)10-20-12-6-7-13-11(9-12)5-8-14(17)16-13/h6-7,9,15H,3-5,8,10H2,1-2H3,(H,16,17). The number of ether oxygens (including phenoxy) is 3. The van der Waals surface area contributed by atoms with Gasteiger partial charge in [0.2, 0.25) is 5.91 Å². The van der Waals surface area contributed by atoms with E-state index in [1.54, 1.807) is 0 Å². The summed E-state index contributed by atoms with van der Waals surface area (Å²) in [6.07, 6.45) is 0.927. The zero-order chi connectivity index (χ0) is 14.4. The van der Waals surface area contributed by atoms with Gasteiger partial charge >= 0.3 is 0 Å². The van der Waals surface area contributed by atoms with Gasteiger partial charge in [-0.05, 0) is 44.0 Å². The number of hydrogen-bond acceptors (Lipinski definition) is 4. The molecule has 0 saturated carbocycles. The molecule has 1 N–H and O–H groups in total. The monoisotopic (exact) mass is 279 g/mol. The maximum Gasteiger partial charge on any atom is 0.224 e. The van der Waals surface area contributed by atoms with Crippen LogP contribution in [0.4, 0.5) is 5.69 Å². The zero-order valence-electron chi connectivity index (χ0n) is 12.0. The molecule has 0 radical (unpaired) electrons. The number of fused-ring (bicyclic) bond motifs is 1. The number of anilines is 1. The molecule has 1 aliphatic heterocycles. The van der Waals surface area contributed by atoms with Gasteiger partial charge in [-0.2, -0.15) is 0 Å². The van der Waals surface area contributed by atoms with Crippen molar-refractivity contribution >= 4 is 11.6 Å². The van der Waals surface area contributed by atoms with Gasteiger partial charge in [-0.25, -0.2) is 0 Å². The summed E-state index contributed by atoms with van der Waals surface area (Å²) in [4.78, 5) is 11.3. The molecule has 0 fully saturated rings. The lowest BCUT2D eigenvalue weighted by Crippen LogP contribution is -2.25. The molecule has 110 valence electrons. The van der Waals surface area contributed by atoms with Gasteiger partial charge in [-0.15, -0.1) is 0 Å². The van der Waals surface area contributed by atoms with Gasteiger partial charge in [-0.3, -0.25) is 4.79 Å². The van der Waals surface area contributed by atoms with E-state index < -0.39 is 0 Å². The number of nitrogens with one attached hydrogen (secondary N) is 1. The SMILES string of the molecule is CCOC(COc1ccc2c(c1)CCC(=O)N2)OCC. The predicted octanol–water partition coefficient (Wildman–Crippen LogP) is 2.35. The number of amides is 1. The first-order valence-electron chi connectivity index (χ1n) is 7.01. The summed E-state index contributed by atoms with van der Waals surface area (Å²) in [5.41, 5.74) is 1.98. The first-order valence-corrected chi connectivity index (χ1v) is 7.01. The Kier molecular flexibility index (Phi) is 5.38. The van der Waals surface area contributed by atoms with Gasteiger partial charge in [0.05, 0.1) is 0 Å². The van der Waals surface area contributed by atoms with Crippen LogP contribution in [0.15, 0.2) is 18.2 Å². The summed E-state index contributed by atoms with van der Waals surface area (Å²) in [5.74, 6) is 0.836. The van der Waals surface area contributed by atoms with E-state index in [1.807, 2.05) is 32.0 Å². The highest BCUT2D eigenvalue weighted by molar-refractivity contribution is 5.93. The third-order valence-corrected chi connectivity index (χ3v) is 3.06. The van der Waals surface area contributed by atoms with Gasteiger partial charge in [-0.1, -0.05) is 0 Å². The quantitative estimate of drug-likeness (QED) is 0.778. The van der Waals surface area contributed by atoms with Crippen molar-refractivity contribution in [2.75, 3.05) is 25.1 Å². The number of carbonyl (C=O) groups excluding carboxylic acids is 1. The number of hydrogen-bond donors (Lipinski definition) is 1. The van der Waals surface area contributed by atoms with E-state index in [1.165, 1.54) is 0 Å². The molecule has 1 aliphatic rings. The predicted molar refractivity (Wildman–Crippen MR) is 75.9 cm³/mol. The Morgan fingerprint density at radius 3 is 2.65 bits per heavy atom. The minimum atomic E-state index is -0.347. The molecule has 1 heterocycles. The second kappa shape index (κ2) is 7.26. The van der Waals surface area contributed by atoms with Crippen molar-refractivity contribution < 1.29 is 19.0 Å². The van der Waals surface area contributed by atoms with Crippen molar-refractivity contribution in [3.8, 4) is 5.75 Å². The Balaban J connectivity index is 1.94. The van der Waals surface area contributed by atoms with E-state index >= 15 is 0 Å². The Labute approximate surface area is 119 Å². The lowest BCUT2D eigenvalue weighted by molar-refractivity contribution is -0.152. The van der Waals surface area contributed by atoms with Crippen LogP contribution in [-0.4, -0.2) is 32.0 Å². The fourth-order valence-corrected chi connectivity index (χ4v) is 2.13. The van der Waals surface area contributed by atoms with E-state index in [0.29, 0.717) is 26.2 Å². The highest BCUT2D eigenvalue weighted by Crippen LogP contribution is 2.26. The molecule has 5 nitrogen and oxygen atoms in total. The maximum atomic E-state index is 11.3. The summed E-state index contributed by atoms with van der Waals surface area (Å²) < 4.78 is 16.6. The van der Waals surface area contributed by atoms with Crippen LogP contribution >= 0.6 is 0 Å². The first kappa shape index (κ1) is 14.8. The van der Waals surface area contributed by atoms with E-state index in [-0.39, 0.29) is 12.2 Å². The summed E-state index contributed by atoms with van der Waals surface area (Å²) in [5, 5.41) is 2.85. The Bertz CT molecular complexity index is 455. The van der Waals surface area contributed by atoms with E-state index in [0.717, 1.165) is 23.4 Å². The third kappa shape index (κ3) is 3.95. The van der Waals surface area contributed by atoms with Crippen molar-refractivity contribution in [2.24, 2.45) is 0 Å². The van der Waals surface area contributed by atoms with Crippen LogP contribution in [0.3, 0.4) is 0 Å². The summed E-state index contributed by atoms with van der Waals surface area (Å²) in [6.45, 7) is 5.38. The first-order chi connectivity index (χ1) is 9.72. The minimum absolute atomic E-state index is 0.0684. The molecular formula is C15H21NO4. The average Bonchev–Trinajstić information content (AvgIpc) is 2.45. The van der Waals surface area contributed by atoms with Crippen LogP contribution in [-0.2, 0) is 20.7 Å². The summed E-state index contributed by atoms with van der Waals surface area (Å²) in [7, 11) is 0. The Morgan fingerprint density at radius 1 is 1.20 bits per heavy atom. The van der Waals surface area contributed by atoms with Gasteiger partial charge in [0.25, 0.3) is 0 Å². The number of rotatable bonds is 7. The molecule has 1 aromatic rings. The molecule has 1 aromatic carbocycles. The fourth-order valence-electron chi connectivity index (χ4n) is 2.13. The molecule has 20 heavy (non-hydrogen) atoms. The lowest BCUT2D eigenvalue weighted by atomic mass is 10.0. The molecule has 2 rings (SSSR count). The molecule has 0 aliphatic carbocycles. The van der Waals surface area contributed by atoms with Gasteiger partial charge in [0.1, 0.15) is 12.4 Å². The van der Waals surface area contributed by atoms with Crippen molar-refractivity contribution in [1.82, 2.24) is 0 Å². The molecule has 1 amide bonds. The van der Waals surface area contributed by atoms with Crippen LogP contribution in [0, 0.1) is 0 Å². The topological polar surface area (TPSA) is 56.8 Å².